The molecule has 0 radical (unpaired) electrons. The van der Waals surface area contributed by atoms with Crippen molar-refractivity contribution in [3.8, 4) is 0 Å². The molecule has 0 aromatic carbocycles. The Bertz CT molecular complexity index is 1910. The fraction of sp³-hybridized carbons (Fsp3) is 0.951. The predicted molar refractivity (Wildman–Crippen MR) is 414 cm³/mol. The molecule has 101 heavy (non-hydrogen) atoms. The maximum absolute atomic E-state index is 13.1. The summed E-state index contributed by atoms with van der Waals surface area (Å²) in [6, 6.07) is 0. The van der Waals surface area contributed by atoms with Crippen LogP contribution in [0.5, 0.6) is 0 Å². The lowest BCUT2D eigenvalue weighted by Gasteiger charge is -2.21. The summed E-state index contributed by atoms with van der Waals surface area (Å²) in [7, 11) is -9.92. The first-order valence-electron chi connectivity index (χ1n) is 42.8. The van der Waals surface area contributed by atoms with Crippen LogP contribution in [0.4, 0.5) is 0 Å². The second-order valence-corrected chi connectivity index (χ2v) is 32.4. The number of rotatable bonds is 83. The summed E-state index contributed by atoms with van der Waals surface area (Å²) in [5, 5.41) is 10.6. The molecule has 0 heterocycles. The van der Waals surface area contributed by atoms with Gasteiger partial charge in [0.1, 0.15) is 19.3 Å². The Morgan fingerprint density at radius 1 is 0.238 bits per heavy atom. The number of unbranched alkanes of at least 4 members (excludes halogenated alkanes) is 57. The maximum Gasteiger partial charge on any atom is 0.472 e. The van der Waals surface area contributed by atoms with Crippen molar-refractivity contribution >= 4 is 39.5 Å². The van der Waals surface area contributed by atoms with E-state index in [0.29, 0.717) is 25.7 Å². The summed E-state index contributed by atoms with van der Waals surface area (Å²) >= 11 is 0. The second kappa shape index (κ2) is 76.3. The molecule has 0 saturated carbocycles. The van der Waals surface area contributed by atoms with E-state index in [1.807, 2.05) is 0 Å². The molecule has 0 fully saturated rings. The SMILES string of the molecule is CCCCCCCCCCCCCCCCCCCCCCCCC(=O)O[C@H](COC(=O)CCCCCCCCCCCCCCCC)COP(=O)(O)OC[C@@H](O)COP(=O)(O)OC[C@@H](COC(=O)CCCCCCCCCCCCC)OC(=O)CCCCCCCCCCCCCCCC. The van der Waals surface area contributed by atoms with E-state index >= 15 is 0 Å². The molecular formula is C82H160O17P2. The Hall–Kier alpha value is -1.94. The van der Waals surface area contributed by atoms with Crippen LogP contribution in [0.15, 0.2) is 0 Å². The first kappa shape index (κ1) is 99.1. The third-order valence-electron chi connectivity index (χ3n) is 19.4. The van der Waals surface area contributed by atoms with Crippen LogP contribution >= 0.6 is 15.6 Å². The molecule has 0 aliphatic rings. The van der Waals surface area contributed by atoms with E-state index in [0.717, 1.165) is 89.9 Å². The maximum atomic E-state index is 13.1. The van der Waals surface area contributed by atoms with E-state index < -0.39 is 97.5 Å². The molecule has 3 N–H and O–H groups in total. The molecule has 0 aliphatic carbocycles. The first-order valence-corrected chi connectivity index (χ1v) is 45.8. The summed E-state index contributed by atoms with van der Waals surface area (Å²) in [5.41, 5.74) is 0. The molecular weight excluding hydrogens is 1320 g/mol. The highest BCUT2D eigenvalue weighted by Crippen LogP contribution is 2.45. The van der Waals surface area contributed by atoms with Crippen LogP contribution in [0.3, 0.4) is 0 Å². The van der Waals surface area contributed by atoms with Crippen LogP contribution in [0, 0.1) is 0 Å². The Kier molecular flexibility index (Phi) is 74.8. The molecule has 17 nitrogen and oxygen atoms in total. The van der Waals surface area contributed by atoms with E-state index in [9.17, 15) is 43.2 Å². The van der Waals surface area contributed by atoms with Gasteiger partial charge in [-0.3, -0.25) is 37.3 Å². The largest absolute Gasteiger partial charge is 0.472 e. The van der Waals surface area contributed by atoms with Crippen molar-refractivity contribution in [3.63, 3.8) is 0 Å². The fourth-order valence-corrected chi connectivity index (χ4v) is 14.4. The molecule has 600 valence electrons. The number of aliphatic hydroxyl groups is 1. The number of hydrogen-bond donors (Lipinski definition) is 3. The molecule has 0 aliphatic heterocycles. The van der Waals surface area contributed by atoms with Gasteiger partial charge >= 0.3 is 39.5 Å². The highest BCUT2D eigenvalue weighted by Gasteiger charge is 2.30. The van der Waals surface area contributed by atoms with E-state index in [1.165, 1.54) is 276 Å². The Labute approximate surface area is 619 Å². The van der Waals surface area contributed by atoms with E-state index in [2.05, 4.69) is 27.7 Å². The van der Waals surface area contributed by atoms with Crippen LogP contribution in [-0.4, -0.2) is 96.7 Å². The zero-order chi connectivity index (χ0) is 73.9. The van der Waals surface area contributed by atoms with Crippen molar-refractivity contribution in [2.75, 3.05) is 39.6 Å². The lowest BCUT2D eigenvalue weighted by atomic mass is 10.0. The summed E-state index contributed by atoms with van der Waals surface area (Å²) in [6.07, 6.45) is 69.3. The van der Waals surface area contributed by atoms with Gasteiger partial charge in [0.05, 0.1) is 26.4 Å². The van der Waals surface area contributed by atoms with E-state index in [1.54, 1.807) is 0 Å². The Balaban J connectivity index is 5.20. The zero-order valence-electron chi connectivity index (χ0n) is 65.9. The van der Waals surface area contributed by atoms with Gasteiger partial charge in [0.2, 0.25) is 0 Å². The normalized spacial score (nSPS) is 13.8. The fourth-order valence-electron chi connectivity index (χ4n) is 12.8. The number of hydrogen-bond acceptors (Lipinski definition) is 15. The standard InChI is InChI=1S/C82H160O17P2/c1-5-9-13-17-21-25-29-32-35-36-37-38-39-40-41-42-45-49-53-57-61-65-69-82(87)99-78(73-93-80(85)67-63-59-55-51-47-43-33-30-26-22-18-14-10-6-2)75-97-101(90,91)95-71-76(83)70-94-100(88,89)96-74-77(72-92-79(84)66-62-58-54-50-46-28-24-20-16-12-8-4)98-81(86)68-64-60-56-52-48-44-34-31-27-23-19-15-11-7-3/h76-78,83H,5-75H2,1-4H3,(H,88,89)(H,90,91)/t76-,77+,78+/m0/s1. The lowest BCUT2D eigenvalue weighted by molar-refractivity contribution is -0.161. The second-order valence-electron chi connectivity index (χ2n) is 29.5. The van der Waals surface area contributed by atoms with Crippen LogP contribution < -0.4 is 0 Å². The van der Waals surface area contributed by atoms with Crippen molar-refractivity contribution in [2.24, 2.45) is 0 Å². The molecule has 5 atom stereocenters. The van der Waals surface area contributed by atoms with Crippen molar-refractivity contribution < 1.29 is 80.2 Å². The van der Waals surface area contributed by atoms with Gasteiger partial charge in [0.25, 0.3) is 0 Å². The minimum Gasteiger partial charge on any atom is -0.462 e. The quantitative estimate of drug-likeness (QED) is 0.0222. The number of carbonyl (C=O) groups is 4. The topological polar surface area (TPSA) is 237 Å². The van der Waals surface area contributed by atoms with Gasteiger partial charge in [-0.25, -0.2) is 9.13 Å². The smallest absolute Gasteiger partial charge is 0.462 e. The number of phosphoric acid groups is 2. The highest BCUT2D eigenvalue weighted by atomic mass is 31.2. The van der Waals surface area contributed by atoms with Crippen LogP contribution in [0.25, 0.3) is 0 Å². The number of ether oxygens (including phenoxy) is 4. The van der Waals surface area contributed by atoms with Crippen molar-refractivity contribution in [1.82, 2.24) is 0 Å². The summed E-state index contributed by atoms with van der Waals surface area (Å²) < 4.78 is 68.7. The van der Waals surface area contributed by atoms with Crippen LogP contribution in [-0.2, 0) is 65.4 Å². The van der Waals surface area contributed by atoms with Crippen LogP contribution in [0.1, 0.15) is 445 Å². The highest BCUT2D eigenvalue weighted by molar-refractivity contribution is 7.47. The van der Waals surface area contributed by atoms with Gasteiger partial charge in [-0.05, 0) is 25.7 Å². The Morgan fingerprint density at radius 3 is 0.584 bits per heavy atom. The molecule has 2 unspecified atom stereocenters. The molecule has 0 rings (SSSR count). The number of aliphatic hydroxyl groups excluding tert-OH is 1. The molecule has 0 aromatic heterocycles. The average Bonchev–Trinajstić information content (AvgIpc) is 0.925. The van der Waals surface area contributed by atoms with Gasteiger partial charge in [0.15, 0.2) is 12.2 Å². The number of esters is 4. The third kappa shape index (κ3) is 76.1. The van der Waals surface area contributed by atoms with Crippen LogP contribution in [0.2, 0.25) is 0 Å². The molecule has 0 bridgehead atoms. The molecule has 19 heteroatoms. The average molecular weight is 1480 g/mol. The first-order chi connectivity index (χ1) is 49.2. The van der Waals surface area contributed by atoms with Crippen molar-refractivity contribution in [2.45, 2.75) is 463 Å². The lowest BCUT2D eigenvalue weighted by Crippen LogP contribution is -2.30. The monoisotopic (exact) mass is 1480 g/mol. The third-order valence-corrected chi connectivity index (χ3v) is 21.3. The van der Waals surface area contributed by atoms with Gasteiger partial charge in [-0.15, -0.1) is 0 Å². The predicted octanol–water partition coefficient (Wildman–Crippen LogP) is 25.0. The summed E-state index contributed by atoms with van der Waals surface area (Å²) in [4.78, 5) is 73.0. The molecule has 0 spiro atoms. The van der Waals surface area contributed by atoms with Gasteiger partial charge in [0, 0.05) is 25.7 Å². The number of carbonyl (C=O) groups excluding carboxylic acids is 4. The minimum absolute atomic E-state index is 0.109. The summed E-state index contributed by atoms with van der Waals surface area (Å²) in [5.74, 6) is -2.10. The molecule has 0 aromatic rings. The molecule has 0 saturated heterocycles. The van der Waals surface area contributed by atoms with E-state index in [4.69, 9.17) is 37.0 Å². The van der Waals surface area contributed by atoms with Crippen molar-refractivity contribution in [3.05, 3.63) is 0 Å². The zero-order valence-corrected chi connectivity index (χ0v) is 67.7. The number of phosphoric ester groups is 2. The van der Waals surface area contributed by atoms with E-state index in [-0.39, 0.29) is 25.7 Å². The van der Waals surface area contributed by atoms with Gasteiger partial charge in [-0.1, -0.05) is 394 Å². The van der Waals surface area contributed by atoms with Gasteiger partial charge < -0.3 is 33.8 Å². The van der Waals surface area contributed by atoms with Gasteiger partial charge in [-0.2, -0.15) is 0 Å². The Morgan fingerprint density at radius 2 is 0.396 bits per heavy atom. The van der Waals surface area contributed by atoms with Crippen molar-refractivity contribution in [1.29, 1.82) is 0 Å². The summed E-state index contributed by atoms with van der Waals surface area (Å²) in [6.45, 7) is 5.03. The molecule has 0 amide bonds. The minimum atomic E-state index is -4.96.